The summed E-state index contributed by atoms with van der Waals surface area (Å²) in [7, 11) is 3.08. The van der Waals surface area contributed by atoms with Crippen LogP contribution in [0.3, 0.4) is 0 Å². The fraction of sp³-hybridized carbons (Fsp3) is 0.250. The number of ether oxygens (including phenoxy) is 1. The third kappa shape index (κ3) is 3.76. The summed E-state index contributed by atoms with van der Waals surface area (Å²) in [5.41, 5.74) is 1.18. The first-order valence-corrected chi connectivity index (χ1v) is 6.49. The number of hydrogen-bond acceptors (Lipinski definition) is 2. The van der Waals surface area contributed by atoms with Gasteiger partial charge in [-0.25, -0.2) is 13.2 Å². The number of likely N-dealkylation sites (N-methyl/N-ethyl adjacent to an activating group) is 1. The minimum Gasteiger partial charge on any atom is -0.494 e. The van der Waals surface area contributed by atoms with Gasteiger partial charge in [-0.1, -0.05) is 6.07 Å². The van der Waals surface area contributed by atoms with Crippen molar-refractivity contribution in [3.05, 3.63) is 65.0 Å². The molecular weight excluding hydrogens is 279 g/mol. The lowest BCUT2D eigenvalue weighted by molar-refractivity contribution is 0.386. The van der Waals surface area contributed by atoms with Crippen LogP contribution in [0.4, 0.5) is 13.2 Å². The zero-order valence-electron chi connectivity index (χ0n) is 11.8. The average Bonchev–Trinajstić information content (AvgIpc) is 2.43. The molecular formula is C16H16F3NO. The second-order valence-corrected chi connectivity index (χ2v) is 4.72. The molecule has 2 aromatic carbocycles. The fourth-order valence-corrected chi connectivity index (χ4v) is 2.24. The van der Waals surface area contributed by atoms with Crippen molar-refractivity contribution in [2.24, 2.45) is 0 Å². The Morgan fingerprint density at radius 3 is 2.24 bits per heavy atom. The Kier molecular flexibility index (Phi) is 4.85. The van der Waals surface area contributed by atoms with Crippen LogP contribution in [-0.2, 0) is 6.42 Å². The molecule has 0 amide bonds. The molecule has 0 spiro atoms. The van der Waals surface area contributed by atoms with Crippen molar-refractivity contribution in [1.82, 2.24) is 5.32 Å². The minimum atomic E-state index is -0.633. The predicted octanol–water partition coefficient (Wildman–Crippen LogP) is 3.62. The molecule has 2 nitrogen and oxygen atoms in total. The molecule has 1 unspecified atom stereocenters. The zero-order valence-corrected chi connectivity index (χ0v) is 11.8. The Morgan fingerprint density at radius 2 is 1.71 bits per heavy atom. The first kappa shape index (κ1) is 15.4. The van der Waals surface area contributed by atoms with Crippen molar-refractivity contribution in [3.63, 3.8) is 0 Å². The van der Waals surface area contributed by atoms with E-state index in [1.807, 2.05) is 0 Å². The van der Waals surface area contributed by atoms with E-state index < -0.39 is 17.5 Å². The maximum atomic E-state index is 13.7. The summed E-state index contributed by atoms with van der Waals surface area (Å²) in [5, 5.41) is 2.98. The van der Waals surface area contributed by atoms with E-state index in [0.717, 1.165) is 6.07 Å². The molecule has 2 rings (SSSR count). The highest BCUT2D eigenvalue weighted by atomic mass is 19.1. The van der Waals surface area contributed by atoms with Crippen molar-refractivity contribution in [3.8, 4) is 5.75 Å². The molecule has 0 saturated carbocycles. The van der Waals surface area contributed by atoms with Crippen LogP contribution in [0, 0.1) is 17.5 Å². The number of rotatable bonds is 5. The normalized spacial score (nSPS) is 12.2. The molecule has 112 valence electrons. The van der Waals surface area contributed by atoms with Gasteiger partial charge in [0.2, 0.25) is 0 Å². The lowest BCUT2D eigenvalue weighted by Crippen LogP contribution is -2.19. The van der Waals surface area contributed by atoms with Gasteiger partial charge in [0.05, 0.1) is 7.11 Å². The number of benzene rings is 2. The Labute approximate surface area is 121 Å². The van der Waals surface area contributed by atoms with Gasteiger partial charge in [-0.05, 0) is 48.9 Å². The molecule has 0 heterocycles. The summed E-state index contributed by atoms with van der Waals surface area (Å²) < 4.78 is 45.1. The smallest absolute Gasteiger partial charge is 0.165 e. The number of methoxy groups -OCH3 is 1. The van der Waals surface area contributed by atoms with Gasteiger partial charge in [0.15, 0.2) is 11.6 Å². The second kappa shape index (κ2) is 6.63. The molecule has 0 radical (unpaired) electrons. The van der Waals surface area contributed by atoms with E-state index in [4.69, 9.17) is 4.74 Å². The van der Waals surface area contributed by atoms with Crippen LogP contribution in [0.2, 0.25) is 0 Å². The quantitative estimate of drug-likeness (QED) is 0.909. The molecule has 2 aromatic rings. The molecule has 0 aliphatic rings. The van der Waals surface area contributed by atoms with Gasteiger partial charge in [-0.3, -0.25) is 0 Å². The van der Waals surface area contributed by atoms with Gasteiger partial charge in [0, 0.05) is 12.1 Å². The van der Waals surface area contributed by atoms with E-state index >= 15 is 0 Å². The van der Waals surface area contributed by atoms with Gasteiger partial charge in [0.25, 0.3) is 0 Å². The van der Waals surface area contributed by atoms with E-state index in [-0.39, 0.29) is 11.8 Å². The minimum absolute atomic E-state index is 0.163. The van der Waals surface area contributed by atoms with Crippen LogP contribution < -0.4 is 10.1 Å². The first-order valence-electron chi connectivity index (χ1n) is 6.49. The highest BCUT2D eigenvalue weighted by Gasteiger charge is 2.14. The van der Waals surface area contributed by atoms with Crippen molar-refractivity contribution in [2.45, 2.75) is 12.5 Å². The standard InChI is InChI=1S/C16H16F3NO/c1-20-15(11-7-12(17)9-13(18)8-11)6-10-3-4-16(21-2)14(19)5-10/h3-5,7-9,15,20H,6H2,1-2H3. The SMILES string of the molecule is CNC(Cc1ccc(OC)c(F)c1)c1cc(F)cc(F)c1. The highest BCUT2D eigenvalue weighted by Crippen LogP contribution is 2.23. The topological polar surface area (TPSA) is 21.3 Å². The fourth-order valence-electron chi connectivity index (χ4n) is 2.24. The van der Waals surface area contributed by atoms with Crippen molar-refractivity contribution < 1.29 is 17.9 Å². The lowest BCUT2D eigenvalue weighted by atomic mass is 9.98. The molecule has 0 bridgehead atoms. The van der Waals surface area contributed by atoms with E-state index in [9.17, 15) is 13.2 Å². The van der Waals surface area contributed by atoms with Gasteiger partial charge in [-0.15, -0.1) is 0 Å². The largest absolute Gasteiger partial charge is 0.494 e. The summed E-state index contributed by atoms with van der Waals surface area (Å²) in [5.74, 6) is -1.57. The highest BCUT2D eigenvalue weighted by molar-refractivity contribution is 5.31. The van der Waals surface area contributed by atoms with Crippen LogP contribution in [0.5, 0.6) is 5.75 Å². The van der Waals surface area contributed by atoms with Crippen molar-refractivity contribution in [2.75, 3.05) is 14.2 Å². The molecule has 1 N–H and O–H groups in total. The zero-order chi connectivity index (χ0) is 15.4. The van der Waals surface area contributed by atoms with Crippen LogP contribution in [-0.4, -0.2) is 14.2 Å². The maximum absolute atomic E-state index is 13.7. The summed E-state index contributed by atoms with van der Waals surface area (Å²) in [6.45, 7) is 0. The number of nitrogens with one attached hydrogen (secondary N) is 1. The molecule has 0 aliphatic carbocycles. The van der Waals surface area contributed by atoms with Gasteiger partial charge in [-0.2, -0.15) is 0 Å². The average molecular weight is 295 g/mol. The molecule has 0 aromatic heterocycles. The molecule has 1 atom stereocenters. The molecule has 5 heteroatoms. The Hall–Kier alpha value is -2.01. The second-order valence-electron chi connectivity index (χ2n) is 4.72. The first-order chi connectivity index (χ1) is 10.0. The third-order valence-corrected chi connectivity index (χ3v) is 3.29. The van der Waals surface area contributed by atoms with E-state index in [0.29, 0.717) is 17.5 Å². The van der Waals surface area contributed by atoms with Crippen molar-refractivity contribution >= 4 is 0 Å². The van der Waals surface area contributed by atoms with Crippen LogP contribution in [0.15, 0.2) is 36.4 Å². The lowest BCUT2D eigenvalue weighted by Gasteiger charge is -2.17. The molecule has 0 aliphatic heterocycles. The monoisotopic (exact) mass is 295 g/mol. The Morgan fingerprint density at radius 1 is 1.05 bits per heavy atom. The van der Waals surface area contributed by atoms with E-state index in [2.05, 4.69) is 5.32 Å². The number of halogens is 3. The van der Waals surface area contributed by atoms with E-state index in [1.165, 1.54) is 31.4 Å². The maximum Gasteiger partial charge on any atom is 0.165 e. The Balaban J connectivity index is 2.24. The van der Waals surface area contributed by atoms with Crippen molar-refractivity contribution in [1.29, 1.82) is 0 Å². The van der Waals surface area contributed by atoms with Gasteiger partial charge in [0.1, 0.15) is 11.6 Å². The molecule has 0 saturated heterocycles. The summed E-state index contributed by atoms with van der Waals surface area (Å²) in [6.07, 6.45) is 0.403. The van der Waals surface area contributed by atoms with Crippen LogP contribution in [0.1, 0.15) is 17.2 Å². The predicted molar refractivity (Wildman–Crippen MR) is 74.8 cm³/mol. The van der Waals surface area contributed by atoms with Gasteiger partial charge >= 0.3 is 0 Å². The van der Waals surface area contributed by atoms with Crippen LogP contribution in [0.25, 0.3) is 0 Å². The molecule has 21 heavy (non-hydrogen) atoms. The van der Waals surface area contributed by atoms with E-state index in [1.54, 1.807) is 13.1 Å². The van der Waals surface area contributed by atoms with Crippen LogP contribution >= 0.6 is 0 Å². The Bertz CT molecular complexity index is 611. The summed E-state index contributed by atoms with van der Waals surface area (Å²) in [6, 6.07) is 7.66. The van der Waals surface area contributed by atoms with Gasteiger partial charge < -0.3 is 10.1 Å². The molecule has 0 fully saturated rings. The third-order valence-electron chi connectivity index (χ3n) is 3.29. The number of hydrogen-bond donors (Lipinski definition) is 1. The summed E-state index contributed by atoms with van der Waals surface area (Å²) >= 11 is 0. The summed E-state index contributed by atoms with van der Waals surface area (Å²) in [4.78, 5) is 0.